The highest BCUT2D eigenvalue weighted by molar-refractivity contribution is 7.80. The summed E-state index contributed by atoms with van der Waals surface area (Å²) in [4.78, 5) is 58.7. The molecule has 12 heteroatoms. The molecule has 0 saturated carbocycles. The number of carboxylic acids is 1. The molecule has 0 aliphatic rings. The number of hydrogen-bond donors (Lipinski definition) is 7. The van der Waals surface area contributed by atoms with Crippen LogP contribution in [0.5, 0.6) is 0 Å². The lowest BCUT2D eigenvalue weighted by Gasteiger charge is -2.21. The molecule has 0 bridgehead atoms. The van der Waals surface area contributed by atoms with Gasteiger partial charge in [-0.3, -0.25) is 19.2 Å². The van der Waals surface area contributed by atoms with E-state index in [0.717, 1.165) is 5.56 Å². The first-order valence-electron chi connectivity index (χ1n) is 9.43. The van der Waals surface area contributed by atoms with Gasteiger partial charge in [-0.25, -0.2) is 4.79 Å². The number of primary amides is 1. The van der Waals surface area contributed by atoms with Gasteiger partial charge in [0, 0.05) is 18.6 Å². The standard InChI is InChI=1S/C19H27N5O6S/c20-12(6-7-15(21)25)17(27)24-13(8-11-4-2-1-3-5-11)18(28)22-9-16(26)23-14(10-31)19(29)30/h1-5,12-14,31H,6-10,20H2,(H2,21,25)(H,22,28)(H,23,26)(H,24,27)(H,29,30). The largest absolute Gasteiger partial charge is 0.480 e. The van der Waals surface area contributed by atoms with Gasteiger partial charge in [0.15, 0.2) is 0 Å². The van der Waals surface area contributed by atoms with Gasteiger partial charge in [-0.2, -0.15) is 12.6 Å². The second kappa shape index (κ2) is 13.2. The molecule has 0 aliphatic carbocycles. The molecule has 0 radical (unpaired) electrons. The Morgan fingerprint density at radius 1 is 1.00 bits per heavy atom. The van der Waals surface area contributed by atoms with Crippen molar-refractivity contribution in [2.45, 2.75) is 37.4 Å². The van der Waals surface area contributed by atoms with E-state index in [9.17, 15) is 24.0 Å². The van der Waals surface area contributed by atoms with Gasteiger partial charge in [0.2, 0.25) is 23.6 Å². The Kier molecular flexibility index (Phi) is 11.1. The number of nitrogens with two attached hydrogens (primary N) is 2. The van der Waals surface area contributed by atoms with Crippen molar-refractivity contribution in [1.82, 2.24) is 16.0 Å². The quantitative estimate of drug-likeness (QED) is 0.166. The summed E-state index contributed by atoms with van der Waals surface area (Å²) in [6.45, 7) is -0.495. The fourth-order valence-electron chi connectivity index (χ4n) is 2.49. The summed E-state index contributed by atoms with van der Waals surface area (Å²) in [5.74, 6) is -4.01. The van der Waals surface area contributed by atoms with Gasteiger partial charge < -0.3 is 32.5 Å². The summed E-state index contributed by atoms with van der Waals surface area (Å²) in [6.07, 6.45) is 0.0563. The number of carboxylic acid groups (broad SMARTS) is 1. The minimum absolute atomic E-state index is 0.0174. The normalized spacial score (nSPS) is 13.4. The van der Waals surface area contributed by atoms with E-state index in [1.54, 1.807) is 30.3 Å². The van der Waals surface area contributed by atoms with E-state index in [0.29, 0.717) is 0 Å². The SMILES string of the molecule is NC(=O)CCC(N)C(=O)NC(Cc1ccccc1)C(=O)NCC(=O)NC(CS)C(=O)O. The van der Waals surface area contributed by atoms with E-state index in [-0.39, 0.29) is 25.0 Å². The average Bonchev–Trinajstić information content (AvgIpc) is 2.73. The Morgan fingerprint density at radius 2 is 1.65 bits per heavy atom. The summed E-state index contributed by atoms with van der Waals surface area (Å²) in [5.41, 5.74) is 11.6. The number of amides is 4. The van der Waals surface area contributed by atoms with Crippen molar-refractivity contribution in [1.29, 1.82) is 0 Å². The Balaban J connectivity index is 2.77. The molecular weight excluding hydrogens is 426 g/mol. The smallest absolute Gasteiger partial charge is 0.327 e. The van der Waals surface area contributed by atoms with E-state index in [1.165, 1.54) is 0 Å². The maximum absolute atomic E-state index is 12.6. The van der Waals surface area contributed by atoms with Crippen molar-refractivity contribution >= 4 is 42.2 Å². The van der Waals surface area contributed by atoms with Crippen LogP contribution >= 0.6 is 12.6 Å². The van der Waals surface area contributed by atoms with Crippen LogP contribution in [0.2, 0.25) is 0 Å². The lowest BCUT2D eigenvalue weighted by atomic mass is 10.0. The number of rotatable bonds is 13. The number of hydrogen-bond acceptors (Lipinski definition) is 7. The fraction of sp³-hybridized carbons (Fsp3) is 0.421. The third kappa shape index (κ3) is 9.96. The number of benzene rings is 1. The molecule has 8 N–H and O–H groups in total. The summed E-state index contributed by atoms with van der Waals surface area (Å²) < 4.78 is 0. The minimum Gasteiger partial charge on any atom is -0.480 e. The van der Waals surface area contributed by atoms with Crippen LogP contribution in [0, 0.1) is 0 Å². The van der Waals surface area contributed by atoms with E-state index < -0.39 is 54.3 Å². The zero-order chi connectivity index (χ0) is 23.4. The second-order valence-corrected chi connectivity index (χ2v) is 7.09. The Bertz CT molecular complexity index is 791. The monoisotopic (exact) mass is 453 g/mol. The molecule has 3 unspecified atom stereocenters. The number of thiol groups is 1. The number of carbonyl (C=O) groups excluding carboxylic acids is 4. The average molecular weight is 454 g/mol. The molecule has 1 aromatic rings. The maximum atomic E-state index is 12.6. The number of aliphatic carboxylic acids is 1. The van der Waals surface area contributed by atoms with E-state index in [2.05, 4.69) is 28.6 Å². The first-order chi connectivity index (χ1) is 14.6. The van der Waals surface area contributed by atoms with Crippen molar-refractivity contribution < 1.29 is 29.1 Å². The predicted octanol–water partition coefficient (Wildman–Crippen LogP) is -2.08. The fourth-order valence-corrected chi connectivity index (χ4v) is 2.74. The highest BCUT2D eigenvalue weighted by Crippen LogP contribution is 2.05. The summed E-state index contributed by atoms with van der Waals surface area (Å²) >= 11 is 3.84. The summed E-state index contributed by atoms with van der Waals surface area (Å²) in [7, 11) is 0. The van der Waals surface area contributed by atoms with Gasteiger partial charge in [-0.15, -0.1) is 0 Å². The van der Waals surface area contributed by atoms with Gasteiger partial charge in [-0.1, -0.05) is 30.3 Å². The van der Waals surface area contributed by atoms with Crippen LogP contribution in [-0.4, -0.2) is 65.1 Å². The van der Waals surface area contributed by atoms with Crippen LogP contribution in [0.3, 0.4) is 0 Å². The minimum atomic E-state index is -1.26. The van der Waals surface area contributed by atoms with Gasteiger partial charge >= 0.3 is 5.97 Å². The Morgan fingerprint density at radius 3 is 2.19 bits per heavy atom. The highest BCUT2D eigenvalue weighted by Gasteiger charge is 2.25. The van der Waals surface area contributed by atoms with Crippen LogP contribution in [0.4, 0.5) is 0 Å². The molecule has 3 atom stereocenters. The van der Waals surface area contributed by atoms with Gasteiger partial charge in [0.25, 0.3) is 0 Å². The van der Waals surface area contributed by atoms with E-state index >= 15 is 0 Å². The van der Waals surface area contributed by atoms with Crippen LogP contribution < -0.4 is 27.4 Å². The maximum Gasteiger partial charge on any atom is 0.327 e. The molecule has 1 rings (SSSR count). The van der Waals surface area contributed by atoms with Crippen LogP contribution in [-0.2, 0) is 30.4 Å². The molecule has 0 fully saturated rings. The van der Waals surface area contributed by atoms with Gasteiger partial charge in [0.1, 0.15) is 12.1 Å². The van der Waals surface area contributed by atoms with E-state index in [4.69, 9.17) is 16.6 Å². The van der Waals surface area contributed by atoms with Gasteiger partial charge in [-0.05, 0) is 12.0 Å². The molecule has 0 aromatic heterocycles. The lowest BCUT2D eigenvalue weighted by Crippen LogP contribution is -2.54. The second-order valence-electron chi connectivity index (χ2n) is 6.72. The molecule has 11 nitrogen and oxygen atoms in total. The summed E-state index contributed by atoms with van der Waals surface area (Å²) in [5, 5.41) is 16.0. The molecule has 0 spiro atoms. The molecule has 0 saturated heterocycles. The third-order valence-corrected chi connectivity index (χ3v) is 4.56. The molecule has 4 amide bonds. The zero-order valence-corrected chi connectivity index (χ0v) is 17.6. The van der Waals surface area contributed by atoms with Crippen molar-refractivity contribution in [3.8, 4) is 0 Å². The first kappa shape index (κ1) is 25.9. The third-order valence-electron chi connectivity index (χ3n) is 4.19. The molecule has 31 heavy (non-hydrogen) atoms. The van der Waals surface area contributed by atoms with Crippen LogP contribution in [0.25, 0.3) is 0 Å². The lowest BCUT2D eigenvalue weighted by molar-refractivity contribution is -0.141. The van der Waals surface area contributed by atoms with Crippen molar-refractivity contribution in [2.24, 2.45) is 11.5 Å². The summed E-state index contributed by atoms with van der Waals surface area (Å²) in [6, 6.07) is 5.55. The van der Waals surface area contributed by atoms with Crippen molar-refractivity contribution in [3.05, 3.63) is 35.9 Å². The Labute approximate surface area is 184 Å². The van der Waals surface area contributed by atoms with E-state index in [1.807, 2.05) is 0 Å². The van der Waals surface area contributed by atoms with Crippen LogP contribution in [0.1, 0.15) is 18.4 Å². The van der Waals surface area contributed by atoms with Crippen LogP contribution in [0.15, 0.2) is 30.3 Å². The molecule has 1 aromatic carbocycles. The molecule has 0 aliphatic heterocycles. The van der Waals surface area contributed by atoms with Crippen molar-refractivity contribution in [2.75, 3.05) is 12.3 Å². The molecule has 170 valence electrons. The van der Waals surface area contributed by atoms with Gasteiger partial charge in [0.05, 0.1) is 12.6 Å². The first-order valence-corrected chi connectivity index (χ1v) is 10.1. The molecule has 0 heterocycles. The predicted molar refractivity (Wildman–Crippen MR) is 115 cm³/mol. The molecular formula is C19H27N5O6S. The topological polar surface area (TPSA) is 194 Å². The van der Waals surface area contributed by atoms with Crippen molar-refractivity contribution in [3.63, 3.8) is 0 Å². The number of carbonyl (C=O) groups is 5. The zero-order valence-electron chi connectivity index (χ0n) is 16.7. The number of nitrogens with one attached hydrogen (secondary N) is 3. The highest BCUT2D eigenvalue weighted by atomic mass is 32.1. The Hall–Kier alpha value is -3.12.